The molecule has 0 N–H and O–H groups in total. The number of furan rings is 1. The summed E-state index contributed by atoms with van der Waals surface area (Å²) in [6.07, 6.45) is 1.71. The lowest BCUT2D eigenvalue weighted by Crippen LogP contribution is -2.39. The molecule has 1 atom stereocenters. The highest BCUT2D eigenvalue weighted by molar-refractivity contribution is 7.07. The lowest BCUT2D eigenvalue weighted by Gasteiger charge is -2.25. The Balaban J connectivity index is 1.62. The minimum atomic E-state index is -0.662. The molecule has 0 saturated heterocycles. The van der Waals surface area contributed by atoms with Crippen LogP contribution in [0.3, 0.4) is 0 Å². The first-order valence-corrected chi connectivity index (χ1v) is 13.3. The zero-order valence-corrected chi connectivity index (χ0v) is 23.0. The molecule has 0 bridgehead atoms. The summed E-state index contributed by atoms with van der Waals surface area (Å²) in [5.74, 6) is 0.719. The molecule has 38 heavy (non-hydrogen) atoms. The van der Waals surface area contributed by atoms with Crippen molar-refractivity contribution in [2.75, 3.05) is 25.6 Å². The van der Waals surface area contributed by atoms with Gasteiger partial charge in [0.05, 0.1) is 28.5 Å². The van der Waals surface area contributed by atoms with Crippen LogP contribution in [0.5, 0.6) is 0 Å². The minimum absolute atomic E-state index is 0.223. The number of allylic oxidation sites excluding steroid dienone is 1. The van der Waals surface area contributed by atoms with Crippen molar-refractivity contribution in [3.63, 3.8) is 0 Å². The summed E-state index contributed by atoms with van der Waals surface area (Å²) in [5.41, 5.74) is 3.31. The largest absolute Gasteiger partial charge is 0.463 e. The number of nitrogens with zero attached hydrogens (tertiary/aromatic N) is 3. The van der Waals surface area contributed by atoms with Gasteiger partial charge in [-0.05, 0) is 67.9 Å². The Morgan fingerprint density at radius 2 is 1.84 bits per heavy atom. The number of halogens is 1. The van der Waals surface area contributed by atoms with Crippen molar-refractivity contribution in [1.29, 1.82) is 0 Å². The van der Waals surface area contributed by atoms with E-state index in [9.17, 15) is 9.59 Å². The molecule has 5 rings (SSSR count). The van der Waals surface area contributed by atoms with Crippen molar-refractivity contribution in [1.82, 2.24) is 4.57 Å². The van der Waals surface area contributed by atoms with Crippen LogP contribution in [0.15, 0.2) is 86.1 Å². The van der Waals surface area contributed by atoms with Crippen LogP contribution < -0.4 is 19.8 Å². The zero-order valence-electron chi connectivity index (χ0n) is 21.4. The summed E-state index contributed by atoms with van der Waals surface area (Å²) < 4.78 is 13.4. The zero-order chi connectivity index (χ0) is 27.0. The lowest BCUT2D eigenvalue weighted by molar-refractivity contribution is -0.139. The summed E-state index contributed by atoms with van der Waals surface area (Å²) in [4.78, 5) is 33.9. The number of anilines is 1. The van der Waals surface area contributed by atoms with E-state index in [2.05, 4.69) is 4.99 Å². The molecule has 194 valence electrons. The Bertz CT molecular complexity index is 1710. The molecule has 4 aromatic rings. The maximum absolute atomic E-state index is 13.8. The van der Waals surface area contributed by atoms with Gasteiger partial charge in [-0.3, -0.25) is 9.36 Å². The van der Waals surface area contributed by atoms with E-state index in [4.69, 9.17) is 20.8 Å². The first-order chi connectivity index (χ1) is 18.3. The molecular formula is C29H26ClN3O4S. The molecule has 0 spiro atoms. The Kier molecular flexibility index (Phi) is 7.10. The third-order valence-electron chi connectivity index (χ3n) is 6.27. The fourth-order valence-electron chi connectivity index (χ4n) is 4.39. The highest BCUT2D eigenvalue weighted by Crippen LogP contribution is 2.31. The van der Waals surface area contributed by atoms with Gasteiger partial charge in [0, 0.05) is 36.4 Å². The number of hydrogen-bond donors (Lipinski definition) is 0. The van der Waals surface area contributed by atoms with Crippen molar-refractivity contribution in [2.24, 2.45) is 4.99 Å². The van der Waals surface area contributed by atoms with Crippen molar-refractivity contribution in [2.45, 2.75) is 19.9 Å². The van der Waals surface area contributed by atoms with Gasteiger partial charge in [0.25, 0.3) is 5.56 Å². The van der Waals surface area contributed by atoms with Crippen LogP contribution in [0.1, 0.15) is 31.2 Å². The second kappa shape index (κ2) is 10.5. The van der Waals surface area contributed by atoms with Crippen LogP contribution in [0, 0.1) is 0 Å². The van der Waals surface area contributed by atoms with Crippen LogP contribution in [0.2, 0.25) is 5.02 Å². The van der Waals surface area contributed by atoms with Crippen molar-refractivity contribution in [3.05, 3.63) is 108 Å². The molecule has 1 aliphatic rings. The molecule has 0 unspecified atom stereocenters. The summed E-state index contributed by atoms with van der Waals surface area (Å²) in [5, 5.41) is 0.644. The van der Waals surface area contributed by atoms with Gasteiger partial charge in [-0.25, -0.2) is 9.79 Å². The predicted octanol–water partition coefficient (Wildman–Crippen LogP) is 4.78. The molecule has 9 heteroatoms. The number of carbonyl (C=O) groups is 1. The number of benzene rings is 2. The molecule has 0 aliphatic carbocycles. The highest BCUT2D eigenvalue weighted by atomic mass is 35.5. The number of hydrogen-bond acceptors (Lipinski definition) is 7. The Morgan fingerprint density at radius 3 is 2.50 bits per heavy atom. The topological polar surface area (TPSA) is 77.0 Å². The number of fused-ring (bicyclic) bond motifs is 1. The van der Waals surface area contributed by atoms with E-state index in [0.29, 0.717) is 37.1 Å². The number of aromatic nitrogens is 1. The Morgan fingerprint density at radius 1 is 1.13 bits per heavy atom. The van der Waals surface area contributed by atoms with Gasteiger partial charge in [-0.1, -0.05) is 35.1 Å². The van der Waals surface area contributed by atoms with Crippen molar-refractivity contribution < 1.29 is 13.9 Å². The molecule has 2 aromatic heterocycles. The van der Waals surface area contributed by atoms with Gasteiger partial charge in [-0.2, -0.15) is 0 Å². The summed E-state index contributed by atoms with van der Waals surface area (Å²) >= 11 is 7.26. The number of rotatable bonds is 6. The standard InChI is InChI=1S/C29H26ClN3O4S/c1-5-36-28(35)25-17(2)31-29-33(26(25)19-8-12-21(13-9-19)32(3)4)27(34)24(38-29)16-22-14-15-23(37-22)18-6-10-20(30)11-7-18/h6-16,26H,5H2,1-4H3/t26-/m1/s1. The van der Waals surface area contributed by atoms with Gasteiger partial charge in [-0.15, -0.1) is 0 Å². The average molecular weight is 548 g/mol. The first kappa shape index (κ1) is 25.8. The smallest absolute Gasteiger partial charge is 0.338 e. The molecule has 0 fully saturated rings. The minimum Gasteiger partial charge on any atom is -0.463 e. The fourth-order valence-corrected chi connectivity index (χ4v) is 5.54. The van der Waals surface area contributed by atoms with Gasteiger partial charge in [0.2, 0.25) is 0 Å². The fraction of sp³-hybridized carbons (Fsp3) is 0.207. The summed E-state index contributed by atoms with van der Waals surface area (Å²) in [7, 11) is 3.92. The highest BCUT2D eigenvalue weighted by Gasteiger charge is 2.33. The predicted molar refractivity (Wildman–Crippen MR) is 150 cm³/mol. The van der Waals surface area contributed by atoms with Crippen LogP contribution in [0.4, 0.5) is 5.69 Å². The van der Waals surface area contributed by atoms with Gasteiger partial charge in [0.15, 0.2) is 4.80 Å². The molecule has 0 saturated carbocycles. The molecule has 3 heterocycles. The number of carbonyl (C=O) groups excluding carboxylic acids is 1. The third-order valence-corrected chi connectivity index (χ3v) is 7.51. The van der Waals surface area contributed by atoms with Crippen molar-refractivity contribution in [3.8, 4) is 11.3 Å². The van der Waals surface area contributed by atoms with Crippen LogP contribution >= 0.6 is 22.9 Å². The average Bonchev–Trinajstić information content (AvgIpc) is 3.48. The van der Waals surface area contributed by atoms with Crippen LogP contribution in [-0.4, -0.2) is 31.2 Å². The van der Waals surface area contributed by atoms with E-state index < -0.39 is 12.0 Å². The van der Waals surface area contributed by atoms with Gasteiger partial charge in [0.1, 0.15) is 11.5 Å². The van der Waals surface area contributed by atoms with E-state index in [1.165, 1.54) is 11.3 Å². The van der Waals surface area contributed by atoms with E-state index in [1.54, 1.807) is 36.6 Å². The number of ether oxygens (including phenoxy) is 1. The normalized spacial score (nSPS) is 15.3. The monoisotopic (exact) mass is 547 g/mol. The Labute approximate surface area is 228 Å². The van der Waals surface area contributed by atoms with E-state index in [-0.39, 0.29) is 12.2 Å². The van der Waals surface area contributed by atoms with Crippen molar-refractivity contribution >= 4 is 40.7 Å². The molecule has 2 aromatic carbocycles. The molecule has 0 radical (unpaired) electrons. The lowest BCUT2D eigenvalue weighted by atomic mass is 9.95. The Hall–Kier alpha value is -3.88. The quantitative estimate of drug-likeness (QED) is 0.325. The molecule has 1 aliphatic heterocycles. The van der Waals surface area contributed by atoms with Crippen LogP contribution in [-0.2, 0) is 9.53 Å². The van der Waals surface area contributed by atoms with Gasteiger partial charge < -0.3 is 14.1 Å². The second-order valence-electron chi connectivity index (χ2n) is 9.00. The SMILES string of the molecule is CCOC(=O)C1=C(C)N=c2sc(=Cc3ccc(-c4ccc(Cl)cc4)o3)c(=O)n2[C@@H]1c1ccc(N(C)C)cc1. The molecule has 0 amide bonds. The third kappa shape index (κ3) is 4.85. The van der Waals surface area contributed by atoms with E-state index >= 15 is 0 Å². The van der Waals surface area contributed by atoms with Gasteiger partial charge >= 0.3 is 5.97 Å². The number of thiazole rings is 1. The first-order valence-electron chi connectivity index (χ1n) is 12.1. The van der Waals surface area contributed by atoms with E-state index in [0.717, 1.165) is 16.8 Å². The number of esters is 1. The maximum Gasteiger partial charge on any atom is 0.338 e. The maximum atomic E-state index is 13.8. The summed E-state index contributed by atoms with van der Waals surface area (Å²) in [6, 6.07) is 18.1. The molecule has 7 nitrogen and oxygen atoms in total. The van der Waals surface area contributed by atoms with Crippen LogP contribution in [0.25, 0.3) is 17.4 Å². The molecular weight excluding hydrogens is 522 g/mol. The second-order valence-corrected chi connectivity index (χ2v) is 10.4. The van der Waals surface area contributed by atoms with E-state index in [1.807, 2.05) is 67.5 Å². The summed E-state index contributed by atoms with van der Waals surface area (Å²) in [6.45, 7) is 3.75.